The van der Waals surface area contributed by atoms with Gasteiger partial charge in [-0.1, -0.05) is 6.92 Å². The highest BCUT2D eigenvalue weighted by Gasteiger charge is 2.24. The van der Waals surface area contributed by atoms with Crippen LogP contribution < -0.4 is 4.90 Å². The van der Waals surface area contributed by atoms with Crippen molar-refractivity contribution in [2.45, 2.75) is 38.6 Å². The fourth-order valence-electron chi connectivity index (χ4n) is 2.75. The molecule has 102 valence electrons. The maximum Gasteiger partial charge on any atom is 0.270 e. The lowest BCUT2D eigenvalue weighted by Gasteiger charge is -2.37. The van der Waals surface area contributed by atoms with Gasteiger partial charge in [0.15, 0.2) is 6.29 Å². The van der Waals surface area contributed by atoms with Gasteiger partial charge in [-0.05, 0) is 31.7 Å². The highest BCUT2D eigenvalue weighted by molar-refractivity contribution is 5.86. The largest absolute Gasteiger partial charge is 0.368 e. The van der Waals surface area contributed by atoms with Crippen LogP contribution in [0.1, 0.15) is 43.0 Å². The molecule has 1 atom stereocenters. The first-order valence-corrected chi connectivity index (χ1v) is 6.67. The van der Waals surface area contributed by atoms with Crippen molar-refractivity contribution in [1.82, 2.24) is 0 Å². The first-order chi connectivity index (χ1) is 9.17. The second kappa shape index (κ2) is 5.82. The van der Waals surface area contributed by atoms with Crippen molar-refractivity contribution in [3.63, 3.8) is 0 Å². The summed E-state index contributed by atoms with van der Waals surface area (Å²) in [5.41, 5.74) is 1.21. The molecule has 19 heavy (non-hydrogen) atoms. The summed E-state index contributed by atoms with van der Waals surface area (Å²) in [7, 11) is 0. The van der Waals surface area contributed by atoms with Gasteiger partial charge >= 0.3 is 0 Å². The number of rotatable bonds is 4. The van der Waals surface area contributed by atoms with Gasteiger partial charge in [0, 0.05) is 36.0 Å². The molecule has 0 bridgehead atoms. The zero-order valence-electron chi connectivity index (χ0n) is 11.0. The maximum absolute atomic E-state index is 11.2. The van der Waals surface area contributed by atoms with E-state index in [4.69, 9.17) is 0 Å². The third-order valence-electron chi connectivity index (χ3n) is 3.76. The summed E-state index contributed by atoms with van der Waals surface area (Å²) in [6.45, 7) is 3.05. The Balaban J connectivity index is 2.37. The minimum Gasteiger partial charge on any atom is -0.368 e. The van der Waals surface area contributed by atoms with E-state index in [2.05, 4.69) is 11.8 Å². The molecule has 0 N–H and O–H groups in total. The van der Waals surface area contributed by atoms with E-state index in [1.165, 1.54) is 18.6 Å². The number of non-ortho nitro benzene ring substituents is 1. The molecule has 0 spiro atoms. The lowest BCUT2D eigenvalue weighted by molar-refractivity contribution is -0.384. The van der Waals surface area contributed by atoms with Crippen molar-refractivity contribution in [3.8, 4) is 0 Å². The molecule has 1 saturated heterocycles. The number of hydrogen-bond donors (Lipinski definition) is 0. The number of nitro benzene ring substituents is 1. The van der Waals surface area contributed by atoms with Crippen LogP contribution in [0, 0.1) is 10.1 Å². The van der Waals surface area contributed by atoms with E-state index in [9.17, 15) is 14.9 Å². The Labute approximate surface area is 112 Å². The SMILES string of the molecule is CCC1CCCCN1c1ccc([N+](=O)[O-])cc1C=O. The smallest absolute Gasteiger partial charge is 0.270 e. The molecule has 0 amide bonds. The quantitative estimate of drug-likeness (QED) is 0.475. The van der Waals surface area contributed by atoms with Crippen LogP contribution in [0.5, 0.6) is 0 Å². The molecule has 0 aliphatic carbocycles. The number of anilines is 1. The van der Waals surface area contributed by atoms with Crippen LogP contribution >= 0.6 is 0 Å². The highest BCUT2D eigenvalue weighted by Crippen LogP contribution is 2.30. The molecule has 0 radical (unpaired) electrons. The highest BCUT2D eigenvalue weighted by atomic mass is 16.6. The van der Waals surface area contributed by atoms with Gasteiger partial charge in [-0.3, -0.25) is 14.9 Å². The Kier molecular flexibility index (Phi) is 4.14. The Hall–Kier alpha value is -1.91. The van der Waals surface area contributed by atoms with E-state index in [1.807, 2.05) is 0 Å². The number of carbonyl (C=O) groups excluding carboxylic acids is 1. The first-order valence-electron chi connectivity index (χ1n) is 6.67. The lowest BCUT2D eigenvalue weighted by atomic mass is 9.98. The average molecular weight is 262 g/mol. The minimum absolute atomic E-state index is 0.0316. The molecule has 5 nitrogen and oxygen atoms in total. The number of nitro groups is 1. The summed E-state index contributed by atoms with van der Waals surface area (Å²) in [6.07, 6.45) is 5.16. The van der Waals surface area contributed by atoms with Crippen molar-refractivity contribution in [1.29, 1.82) is 0 Å². The van der Waals surface area contributed by atoms with E-state index in [-0.39, 0.29) is 5.69 Å². The van der Waals surface area contributed by atoms with Crippen molar-refractivity contribution in [3.05, 3.63) is 33.9 Å². The normalized spacial score (nSPS) is 19.2. The summed E-state index contributed by atoms with van der Waals surface area (Å²) >= 11 is 0. The van der Waals surface area contributed by atoms with Gasteiger partial charge in [-0.15, -0.1) is 0 Å². The number of piperidine rings is 1. The summed E-state index contributed by atoms with van der Waals surface area (Å²) < 4.78 is 0. The second-order valence-electron chi connectivity index (χ2n) is 4.87. The topological polar surface area (TPSA) is 63.4 Å². The van der Waals surface area contributed by atoms with Gasteiger partial charge in [-0.2, -0.15) is 0 Å². The first kappa shape index (κ1) is 13.5. The lowest BCUT2D eigenvalue weighted by Crippen LogP contribution is -2.39. The van der Waals surface area contributed by atoms with Gasteiger partial charge in [0.1, 0.15) is 0 Å². The molecule has 5 heteroatoms. The average Bonchev–Trinajstić information content (AvgIpc) is 2.46. The van der Waals surface area contributed by atoms with Crippen LogP contribution in [0.2, 0.25) is 0 Å². The molecule has 0 aromatic heterocycles. The maximum atomic E-state index is 11.2. The minimum atomic E-state index is -0.468. The molecule has 2 rings (SSSR count). The van der Waals surface area contributed by atoms with E-state index in [0.717, 1.165) is 31.5 Å². The Morgan fingerprint density at radius 1 is 1.47 bits per heavy atom. The van der Waals surface area contributed by atoms with Gasteiger partial charge in [-0.25, -0.2) is 0 Å². The fraction of sp³-hybridized carbons (Fsp3) is 0.500. The van der Waals surface area contributed by atoms with E-state index in [0.29, 0.717) is 17.9 Å². The summed E-state index contributed by atoms with van der Waals surface area (Å²) in [4.78, 5) is 23.7. The molecule has 1 aromatic carbocycles. The standard InChI is InChI=1S/C14H18N2O3/c1-2-12-5-3-4-8-15(12)14-7-6-13(16(18)19)9-11(14)10-17/h6-7,9-10,12H,2-5,8H2,1H3. The predicted molar refractivity (Wildman–Crippen MR) is 73.8 cm³/mol. The molecule has 1 heterocycles. The number of nitrogens with zero attached hydrogens (tertiary/aromatic N) is 2. The van der Waals surface area contributed by atoms with Crippen molar-refractivity contribution >= 4 is 17.7 Å². The zero-order chi connectivity index (χ0) is 13.8. The third-order valence-corrected chi connectivity index (χ3v) is 3.76. The number of aldehydes is 1. The van der Waals surface area contributed by atoms with E-state index < -0.39 is 4.92 Å². The Bertz CT molecular complexity index is 488. The Morgan fingerprint density at radius 3 is 2.89 bits per heavy atom. The van der Waals surface area contributed by atoms with Gasteiger partial charge in [0.2, 0.25) is 0 Å². The summed E-state index contributed by atoms with van der Waals surface area (Å²) in [5, 5.41) is 10.8. The Morgan fingerprint density at radius 2 is 2.26 bits per heavy atom. The summed E-state index contributed by atoms with van der Waals surface area (Å²) in [5.74, 6) is 0. The van der Waals surface area contributed by atoms with Crippen molar-refractivity contribution in [2.75, 3.05) is 11.4 Å². The van der Waals surface area contributed by atoms with Crippen molar-refractivity contribution in [2.24, 2.45) is 0 Å². The van der Waals surface area contributed by atoms with Gasteiger partial charge in [0.25, 0.3) is 5.69 Å². The third kappa shape index (κ3) is 2.75. The molecule has 1 aromatic rings. The monoisotopic (exact) mass is 262 g/mol. The fourth-order valence-corrected chi connectivity index (χ4v) is 2.75. The van der Waals surface area contributed by atoms with Gasteiger partial charge in [0.05, 0.1) is 4.92 Å². The molecule has 1 fully saturated rings. The van der Waals surface area contributed by atoms with Crippen LogP contribution in [0.25, 0.3) is 0 Å². The second-order valence-corrected chi connectivity index (χ2v) is 4.87. The molecular weight excluding hydrogens is 244 g/mol. The summed E-state index contributed by atoms with van der Waals surface area (Å²) in [6, 6.07) is 4.97. The molecular formula is C14H18N2O3. The molecule has 0 saturated carbocycles. The van der Waals surface area contributed by atoms with Crippen LogP contribution in [0.3, 0.4) is 0 Å². The molecule has 1 aliphatic heterocycles. The number of carbonyl (C=O) groups is 1. The number of hydrogen-bond acceptors (Lipinski definition) is 4. The van der Waals surface area contributed by atoms with Crippen LogP contribution in [0.4, 0.5) is 11.4 Å². The van der Waals surface area contributed by atoms with Crippen LogP contribution in [0.15, 0.2) is 18.2 Å². The van der Waals surface area contributed by atoms with Gasteiger partial charge < -0.3 is 4.90 Å². The van der Waals surface area contributed by atoms with Crippen molar-refractivity contribution < 1.29 is 9.72 Å². The van der Waals surface area contributed by atoms with Crippen LogP contribution in [-0.4, -0.2) is 23.8 Å². The van der Waals surface area contributed by atoms with Crippen LogP contribution in [-0.2, 0) is 0 Å². The predicted octanol–water partition coefficient (Wildman–Crippen LogP) is 3.18. The van der Waals surface area contributed by atoms with E-state index in [1.54, 1.807) is 6.07 Å². The zero-order valence-corrected chi connectivity index (χ0v) is 11.0. The number of benzene rings is 1. The molecule has 1 unspecified atom stereocenters. The molecule has 1 aliphatic rings. The van der Waals surface area contributed by atoms with E-state index >= 15 is 0 Å².